The Morgan fingerprint density at radius 2 is 1.07 bits per heavy atom. The monoisotopic (exact) mass is 372 g/mol. The van der Waals surface area contributed by atoms with Gasteiger partial charge in [0.05, 0.1) is 0 Å². The quantitative estimate of drug-likeness (QED) is 0.600. The summed E-state index contributed by atoms with van der Waals surface area (Å²) < 4.78 is 0. The number of carbonyl (C=O) groups is 2. The van der Waals surface area contributed by atoms with E-state index in [1.807, 2.05) is 27.7 Å². The van der Waals surface area contributed by atoms with Crippen LogP contribution in [0.1, 0.15) is 82.5 Å². The zero-order valence-electron chi connectivity index (χ0n) is 15.8. The Kier molecular flexibility index (Phi) is 5.78. The van der Waals surface area contributed by atoms with Crippen LogP contribution < -0.4 is 0 Å². The van der Waals surface area contributed by atoms with Crippen molar-refractivity contribution in [1.29, 1.82) is 0 Å². The topological polar surface area (TPSA) is 115 Å². The number of rotatable bonds is 6. The molecular formula is C21H24O6. The lowest BCUT2D eigenvalue weighted by atomic mass is 9.90. The van der Waals surface area contributed by atoms with Gasteiger partial charge in [0.1, 0.15) is 22.6 Å². The minimum absolute atomic E-state index is 0.0132. The first-order valence-electron chi connectivity index (χ1n) is 8.71. The van der Waals surface area contributed by atoms with Crippen molar-refractivity contribution in [1.82, 2.24) is 0 Å². The predicted molar refractivity (Wildman–Crippen MR) is 101 cm³/mol. The van der Waals surface area contributed by atoms with Gasteiger partial charge in [0.15, 0.2) is 0 Å². The van der Waals surface area contributed by atoms with Crippen molar-refractivity contribution in [3.63, 3.8) is 0 Å². The minimum Gasteiger partial charge on any atom is -0.507 e. The summed E-state index contributed by atoms with van der Waals surface area (Å²) in [7, 11) is 0. The minimum atomic E-state index is -1.25. The van der Waals surface area contributed by atoms with Crippen molar-refractivity contribution in [2.45, 2.75) is 46.0 Å². The van der Waals surface area contributed by atoms with Crippen LogP contribution in [-0.4, -0.2) is 32.4 Å². The van der Waals surface area contributed by atoms with E-state index in [9.17, 15) is 30.0 Å². The Bertz CT molecular complexity index is 823. The van der Waals surface area contributed by atoms with Gasteiger partial charge in [-0.05, 0) is 46.2 Å². The van der Waals surface area contributed by atoms with Gasteiger partial charge in [-0.25, -0.2) is 9.59 Å². The van der Waals surface area contributed by atoms with Gasteiger partial charge in [0.2, 0.25) is 0 Å². The highest BCUT2D eigenvalue weighted by Gasteiger charge is 2.21. The number of phenols is 2. The van der Waals surface area contributed by atoms with Gasteiger partial charge in [-0.1, -0.05) is 39.8 Å². The van der Waals surface area contributed by atoms with Crippen LogP contribution in [0, 0.1) is 0 Å². The lowest BCUT2D eigenvalue weighted by Gasteiger charge is -2.16. The summed E-state index contributed by atoms with van der Waals surface area (Å²) in [6.07, 6.45) is 0.0132. The number of aromatic hydroxyl groups is 2. The molecular weight excluding hydrogens is 348 g/mol. The predicted octanol–water partition coefficient (Wildman–Crippen LogP) is 4.33. The lowest BCUT2D eigenvalue weighted by Crippen LogP contribution is -2.05. The van der Waals surface area contributed by atoms with Crippen LogP contribution in [0.25, 0.3) is 0 Å². The summed E-state index contributed by atoms with van der Waals surface area (Å²) >= 11 is 0. The molecule has 0 aliphatic carbocycles. The van der Waals surface area contributed by atoms with E-state index in [2.05, 4.69) is 0 Å². The fourth-order valence-electron chi connectivity index (χ4n) is 2.91. The molecule has 2 aromatic rings. The van der Waals surface area contributed by atoms with Crippen LogP contribution in [0.4, 0.5) is 0 Å². The van der Waals surface area contributed by atoms with Crippen LogP contribution in [-0.2, 0) is 6.42 Å². The molecule has 0 spiro atoms. The maximum Gasteiger partial charge on any atom is 0.339 e. The van der Waals surface area contributed by atoms with E-state index in [1.54, 1.807) is 12.1 Å². The number of hydrogen-bond donors (Lipinski definition) is 4. The van der Waals surface area contributed by atoms with Gasteiger partial charge in [-0.15, -0.1) is 0 Å². The molecule has 0 bridgehead atoms. The number of carboxylic acid groups (broad SMARTS) is 2. The Morgan fingerprint density at radius 1 is 0.741 bits per heavy atom. The fraction of sp³-hybridized carbons (Fsp3) is 0.333. The highest BCUT2D eigenvalue weighted by molar-refractivity contribution is 5.92. The first kappa shape index (κ1) is 20.3. The van der Waals surface area contributed by atoms with Crippen LogP contribution in [0.15, 0.2) is 24.3 Å². The van der Waals surface area contributed by atoms with E-state index in [0.717, 1.165) is 11.1 Å². The normalized spacial score (nSPS) is 11.2. The smallest absolute Gasteiger partial charge is 0.339 e. The third kappa shape index (κ3) is 4.22. The fourth-order valence-corrected chi connectivity index (χ4v) is 2.91. The largest absolute Gasteiger partial charge is 0.507 e. The molecule has 0 radical (unpaired) electrons. The first-order chi connectivity index (χ1) is 12.5. The third-order valence-electron chi connectivity index (χ3n) is 4.60. The third-order valence-corrected chi connectivity index (χ3v) is 4.60. The van der Waals surface area contributed by atoms with Gasteiger partial charge in [-0.3, -0.25) is 0 Å². The maximum absolute atomic E-state index is 11.5. The second-order valence-electron chi connectivity index (χ2n) is 7.25. The SMILES string of the molecule is CC(C)c1cc(Cc2cc(C(C)C)cc(C(=O)O)c2O)c(O)c(C(=O)O)c1. The molecule has 2 aromatic carbocycles. The van der Waals surface area contributed by atoms with Gasteiger partial charge in [-0.2, -0.15) is 0 Å². The molecule has 0 aliphatic heterocycles. The van der Waals surface area contributed by atoms with E-state index in [-0.39, 0.29) is 40.9 Å². The molecule has 27 heavy (non-hydrogen) atoms. The zero-order valence-corrected chi connectivity index (χ0v) is 15.8. The summed E-state index contributed by atoms with van der Waals surface area (Å²) in [6, 6.07) is 6.24. The van der Waals surface area contributed by atoms with Crippen molar-refractivity contribution >= 4 is 11.9 Å². The average molecular weight is 372 g/mol. The Labute approximate surface area is 157 Å². The summed E-state index contributed by atoms with van der Waals surface area (Å²) in [5.41, 5.74) is 1.69. The van der Waals surface area contributed by atoms with Crippen molar-refractivity contribution in [3.8, 4) is 11.5 Å². The molecule has 2 rings (SSSR count). The number of aromatic carboxylic acids is 2. The highest BCUT2D eigenvalue weighted by atomic mass is 16.4. The van der Waals surface area contributed by atoms with Gasteiger partial charge in [0.25, 0.3) is 0 Å². The summed E-state index contributed by atoms with van der Waals surface area (Å²) in [5, 5.41) is 39.5. The number of hydrogen-bond acceptors (Lipinski definition) is 4. The molecule has 0 atom stereocenters. The van der Waals surface area contributed by atoms with Crippen LogP contribution in [0.2, 0.25) is 0 Å². The van der Waals surface area contributed by atoms with Crippen molar-refractivity contribution in [3.05, 3.63) is 57.6 Å². The molecule has 0 aromatic heterocycles. The lowest BCUT2D eigenvalue weighted by molar-refractivity contribution is 0.0682. The molecule has 0 saturated heterocycles. The van der Waals surface area contributed by atoms with E-state index >= 15 is 0 Å². The molecule has 144 valence electrons. The molecule has 6 heteroatoms. The molecule has 4 N–H and O–H groups in total. The van der Waals surface area contributed by atoms with E-state index in [0.29, 0.717) is 11.1 Å². The first-order valence-corrected chi connectivity index (χ1v) is 8.71. The Hall–Kier alpha value is -3.02. The van der Waals surface area contributed by atoms with Crippen molar-refractivity contribution in [2.75, 3.05) is 0 Å². The standard InChI is InChI=1S/C21H24O6/c1-10(2)12-5-14(18(22)16(8-12)20(24)25)7-15-6-13(11(3)4)9-17(19(15)23)21(26)27/h5-6,8-11,22-23H,7H2,1-4H3,(H,24,25)(H,26,27). The van der Waals surface area contributed by atoms with Crippen LogP contribution >= 0.6 is 0 Å². The average Bonchev–Trinajstić information content (AvgIpc) is 2.57. The van der Waals surface area contributed by atoms with Gasteiger partial charge >= 0.3 is 11.9 Å². The number of benzene rings is 2. The second-order valence-corrected chi connectivity index (χ2v) is 7.25. The number of carboxylic acids is 2. The highest BCUT2D eigenvalue weighted by Crippen LogP contribution is 2.34. The van der Waals surface area contributed by atoms with E-state index in [4.69, 9.17) is 0 Å². The molecule has 0 fully saturated rings. The second kappa shape index (κ2) is 7.70. The zero-order chi connectivity index (χ0) is 20.5. The van der Waals surface area contributed by atoms with Gasteiger partial charge < -0.3 is 20.4 Å². The van der Waals surface area contributed by atoms with Crippen molar-refractivity contribution < 1.29 is 30.0 Å². The molecule has 6 nitrogen and oxygen atoms in total. The van der Waals surface area contributed by atoms with Crippen LogP contribution in [0.5, 0.6) is 11.5 Å². The van der Waals surface area contributed by atoms with Crippen molar-refractivity contribution in [2.24, 2.45) is 0 Å². The maximum atomic E-state index is 11.5. The van der Waals surface area contributed by atoms with E-state index < -0.39 is 11.9 Å². The Balaban J connectivity index is 2.66. The molecule has 0 amide bonds. The van der Waals surface area contributed by atoms with Gasteiger partial charge in [0, 0.05) is 6.42 Å². The molecule has 0 aliphatic rings. The van der Waals surface area contributed by atoms with E-state index in [1.165, 1.54) is 12.1 Å². The molecule has 0 unspecified atom stereocenters. The Morgan fingerprint density at radius 3 is 1.33 bits per heavy atom. The van der Waals surface area contributed by atoms with Crippen LogP contribution in [0.3, 0.4) is 0 Å². The summed E-state index contributed by atoms with van der Waals surface area (Å²) in [4.78, 5) is 22.9. The molecule has 0 saturated carbocycles. The summed E-state index contributed by atoms with van der Waals surface area (Å²) in [5.74, 6) is -3.18. The summed E-state index contributed by atoms with van der Waals surface area (Å²) in [6.45, 7) is 7.62. The molecule has 0 heterocycles.